The molecule has 29 heavy (non-hydrogen) atoms. The molecule has 0 unspecified atom stereocenters. The molecule has 0 fully saturated rings. The van der Waals surface area contributed by atoms with Crippen LogP contribution in [0.1, 0.15) is 52.8 Å². The molecule has 4 rings (SSSR count). The minimum Gasteiger partial charge on any atom is -0.172 e. The fourth-order valence-electron chi connectivity index (χ4n) is 3.67. The number of thiophene rings is 2. The topological polar surface area (TPSA) is 25.8 Å². The summed E-state index contributed by atoms with van der Waals surface area (Å²) in [5.41, 5.74) is 12.7. The molecular weight excluding hydrogens is 412 g/mol. The van der Waals surface area contributed by atoms with Crippen molar-refractivity contribution in [3.8, 4) is 20.9 Å². The Labute approximate surface area is 185 Å². The smallest absolute Gasteiger partial charge is 0.114 e. The van der Waals surface area contributed by atoms with E-state index in [-0.39, 0.29) is 0 Å². The van der Waals surface area contributed by atoms with Crippen LogP contribution in [0.15, 0.2) is 17.7 Å². The molecule has 0 saturated heterocycles. The normalized spacial score (nSPS) is 11.4. The van der Waals surface area contributed by atoms with Crippen LogP contribution < -0.4 is 0 Å². The largest absolute Gasteiger partial charge is 0.172 e. The molecule has 0 radical (unpaired) electrons. The van der Waals surface area contributed by atoms with Crippen molar-refractivity contribution in [3.63, 3.8) is 0 Å². The standard InChI is InChI=1S/C24H26N2S3/c1-11(2)12(3)22-15(6)16(7)24(28-22)19-10-9-18(20-21(19)26-29-25-20)23-14(5)13(4)17(8)27-23/h9-10H,1-8H3. The van der Waals surface area contributed by atoms with Crippen LogP contribution in [-0.2, 0) is 0 Å². The average molecular weight is 439 g/mol. The Bertz CT molecular complexity index is 1280. The predicted molar refractivity (Wildman–Crippen MR) is 132 cm³/mol. The Morgan fingerprint density at radius 1 is 0.690 bits per heavy atom. The van der Waals surface area contributed by atoms with E-state index in [0.717, 1.165) is 11.0 Å². The van der Waals surface area contributed by atoms with Gasteiger partial charge in [-0.25, -0.2) is 0 Å². The number of fused-ring (bicyclic) bond motifs is 1. The summed E-state index contributed by atoms with van der Waals surface area (Å²) in [4.78, 5) is 5.41. The second-order valence-electron chi connectivity index (χ2n) is 7.99. The molecule has 1 aromatic carbocycles. The van der Waals surface area contributed by atoms with Gasteiger partial charge in [0.1, 0.15) is 11.0 Å². The molecule has 0 amide bonds. The molecule has 3 aromatic heterocycles. The van der Waals surface area contributed by atoms with Gasteiger partial charge in [0.2, 0.25) is 0 Å². The van der Waals surface area contributed by atoms with Crippen LogP contribution in [0.2, 0.25) is 0 Å². The zero-order valence-electron chi connectivity index (χ0n) is 18.3. The number of hydrogen-bond acceptors (Lipinski definition) is 5. The van der Waals surface area contributed by atoms with Gasteiger partial charge in [-0.15, -0.1) is 22.7 Å². The zero-order chi connectivity index (χ0) is 21.0. The maximum Gasteiger partial charge on any atom is 0.114 e. The molecule has 0 bridgehead atoms. The molecule has 0 N–H and O–H groups in total. The quantitative estimate of drug-likeness (QED) is 0.320. The van der Waals surface area contributed by atoms with Gasteiger partial charge in [-0.3, -0.25) is 0 Å². The number of aryl methyl sites for hydroxylation is 1. The third-order valence-electron chi connectivity index (χ3n) is 6.13. The van der Waals surface area contributed by atoms with Crippen molar-refractivity contribution in [2.24, 2.45) is 0 Å². The summed E-state index contributed by atoms with van der Waals surface area (Å²) in [5, 5.41) is 0. The lowest BCUT2D eigenvalue weighted by molar-refractivity contribution is 1.34. The Hall–Kier alpha value is -1.82. The minimum absolute atomic E-state index is 1.03. The van der Waals surface area contributed by atoms with Gasteiger partial charge in [0.25, 0.3) is 0 Å². The number of aromatic nitrogens is 2. The number of rotatable bonds is 3. The van der Waals surface area contributed by atoms with E-state index in [2.05, 4.69) is 67.5 Å². The van der Waals surface area contributed by atoms with E-state index in [4.69, 9.17) is 8.75 Å². The molecule has 3 heterocycles. The molecule has 0 saturated carbocycles. The predicted octanol–water partition coefficient (Wildman–Crippen LogP) is 8.50. The van der Waals surface area contributed by atoms with Gasteiger partial charge in [0, 0.05) is 30.6 Å². The van der Waals surface area contributed by atoms with Crippen molar-refractivity contribution < 1.29 is 0 Å². The van der Waals surface area contributed by atoms with Gasteiger partial charge in [0.05, 0.1) is 11.7 Å². The molecule has 0 aliphatic carbocycles. The van der Waals surface area contributed by atoms with E-state index in [1.54, 1.807) is 0 Å². The van der Waals surface area contributed by atoms with Crippen molar-refractivity contribution >= 4 is 51.0 Å². The third-order valence-corrected chi connectivity index (χ3v) is 9.55. The molecule has 0 aliphatic rings. The van der Waals surface area contributed by atoms with Crippen molar-refractivity contribution in [1.82, 2.24) is 8.75 Å². The van der Waals surface area contributed by atoms with E-state index in [0.29, 0.717) is 0 Å². The summed E-state index contributed by atoms with van der Waals surface area (Å²) in [5.74, 6) is 0. The fraction of sp³-hybridized carbons (Fsp3) is 0.333. The van der Waals surface area contributed by atoms with Gasteiger partial charge >= 0.3 is 0 Å². The van der Waals surface area contributed by atoms with Crippen LogP contribution in [0.25, 0.3) is 37.5 Å². The highest BCUT2D eigenvalue weighted by Gasteiger charge is 2.21. The summed E-state index contributed by atoms with van der Waals surface area (Å²) < 4.78 is 9.45. The molecule has 0 aliphatic heterocycles. The fourth-order valence-corrected chi connectivity index (χ4v) is 6.88. The van der Waals surface area contributed by atoms with Gasteiger partial charge in [0.15, 0.2) is 0 Å². The maximum absolute atomic E-state index is 4.73. The van der Waals surface area contributed by atoms with Crippen molar-refractivity contribution in [1.29, 1.82) is 0 Å². The van der Waals surface area contributed by atoms with Crippen LogP contribution in [0.3, 0.4) is 0 Å². The van der Waals surface area contributed by atoms with E-state index < -0.39 is 0 Å². The van der Waals surface area contributed by atoms with Crippen LogP contribution in [-0.4, -0.2) is 8.75 Å². The summed E-state index contributed by atoms with van der Waals surface area (Å²) in [6.07, 6.45) is 0. The van der Waals surface area contributed by atoms with E-state index in [1.165, 1.54) is 75.8 Å². The SMILES string of the molecule is CC(C)=C(C)c1sc(-c2ccc(-c3sc(C)c(C)c3C)c3nsnc23)c(C)c1C. The van der Waals surface area contributed by atoms with Crippen LogP contribution >= 0.6 is 34.4 Å². The van der Waals surface area contributed by atoms with E-state index in [1.807, 2.05) is 22.7 Å². The monoisotopic (exact) mass is 438 g/mol. The number of hydrogen-bond donors (Lipinski definition) is 0. The van der Waals surface area contributed by atoms with Crippen molar-refractivity contribution in [2.75, 3.05) is 0 Å². The first-order valence-corrected chi connectivity index (χ1v) is 12.2. The molecule has 0 spiro atoms. The first-order valence-electron chi connectivity index (χ1n) is 9.79. The highest BCUT2D eigenvalue weighted by atomic mass is 32.1. The van der Waals surface area contributed by atoms with E-state index >= 15 is 0 Å². The molecule has 5 heteroatoms. The molecule has 4 aromatic rings. The summed E-state index contributed by atoms with van der Waals surface area (Å²) in [6.45, 7) is 17.7. The third kappa shape index (κ3) is 3.20. The average Bonchev–Trinajstić information content (AvgIpc) is 3.36. The second kappa shape index (κ2) is 7.46. The summed E-state index contributed by atoms with van der Waals surface area (Å²) >= 11 is 5.07. The lowest BCUT2D eigenvalue weighted by Crippen LogP contribution is -1.86. The summed E-state index contributed by atoms with van der Waals surface area (Å²) in [6, 6.07) is 4.50. The number of allylic oxidation sites excluding steroid dienone is 2. The Morgan fingerprint density at radius 3 is 1.69 bits per heavy atom. The lowest BCUT2D eigenvalue weighted by Gasteiger charge is -2.06. The molecule has 2 nitrogen and oxygen atoms in total. The van der Waals surface area contributed by atoms with Crippen molar-refractivity contribution in [2.45, 2.75) is 55.4 Å². The molecular formula is C24H26N2S3. The van der Waals surface area contributed by atoms with Crippen LogP contribution in [0, 0.1) is 34.6 Å². The highest BCUT2D eigenvalue weighted by molar-refractivity contribution is 7.17. The first kappa shape index (κ1) is 20.5. The maximum atomic E-state index is 4.73. The van der Waals surface area contributed by atoms with Crippen LogP contribution in [0.5, 0.6) is 0 Å². The van der Waals surface area contributed by atoms with Crippen LogP contribution in [0.4, 0.5) is 0 Å². The highest BCUT2D eigenvalue weighted by Crippen LogP contribution is 2.45. The van der Waals surface area contributed by atoms with Gasteiger partial charge in [-0.05, 0) is 83.2 Å². The molecule has 150 valence electrons. The Morgan fingerprint density at radius 2 is 1.21 bits per heavy atom. The van der Waals surface area contributed by atoms with Gasteiger partial charge in [-0.2, -0.15) is 8.75 Å². The lowest BCUT2D eigenvalue weighted by atomic mass is 9.99. The number of nitrogens with zero attached hydrogens (tertiary/aromatic N) is 2. The van der Waals surface area contributed by atoms with Crippen molar-refractivity contribution in [3.05, 3.63) is 49.7 Å². The van der Waals surface area contributed by atoms with E-state index in [9.17, 15) is 0 Å². The zero-order valence-corrected chi connectivity index (χ0v) is 20.7. The number of benzene rings is 1. The Balaban J connectivity index is 1.95. The second-order valence-corrected chi connectivity index (χ2v) is 10.8. The molecule has 0 atom stereocenters. The minimum atomic E-state index is 1.03. The Kier molecular flexibility index (Phi) is 5.26. The summed E-state index contributed by atoms with van der Waals surface area (Å²) in [7, 11) is 0. The first-order chi connectivity index (χ1) is 13.7. The van der Waals surface area contributed by atoms with Gasteiger partial charge < -0.3 is 0 Å². The van der Waals surface area contributed by atoms with Gasteiger partial charge in [-0.1, -0.05) is 17.7 Å².